The standard InChI is InChI=1S/C10H15N/c1-3-4-5-6-7-10(2)8-9-11/h4-5H,2-3,6-8H2,1H3. The van der Waals surface area contributed by atoms with Crippen LogP contribution in [-0.2, 0) is 0 Å². The summed E-state index contributed by atoms with van der Waals surface area (Å²) in [5.41, 5.74) is 1.04. The fourth-order valence-electron chi connectivity index (χ4n) is 0.772. The summed E-state index contributed by atoms with van der Waals surface area (Å²) in [5.74, 6) is 0. The van der Waals surface area contributed by atoms with Crippen molar-refractivity contribution >= 4 is 0 Å². The first-order chi connectivity index (χ1) is 5.31. The van der Waals surface area contributed by atoms with Gasteiger partial charge in [0.15, 0.2) is 0 Å². The molecule has 0 rings (SSSR count). The molecular weight excluding hydrogens is 134 g/mol. The second-order valence-corrected chi connectivity index (χ2v) is 2.50. The minimum atomic E-state index is 0.500. The summed E-state index contributed by atoms with van der Waals surface area (Å²) in [6.07, 6.45) is 7.84. The molecule has 0 aliphatic carbocycles. The van der Waals surface area contributed by atoms with E-state index in [0.717, 1.165) is 24.8 Å². The van der Waals surface area contributed by atoms with Crippen LogP contribution in [0.25, 0.3) is 0 Å². The second-order valence-electron chi connectivity index (χ2n) is 2.50. The van der Waals surface area contributed by atoms with Gasteiger partial charge in [-0.25, -0.2) is 0 Å². The van der Waals surface area contributed by atoms with E-state index in [2.05, 4.69) is 31.7 Å². The molecule has 0 aliphatic heterocycles. The summed E-state index contributed by atoms with van der Waals surface area (Å²) in [7, 11) is 0. The predicted molar refractivity (Wildman–Crippen MR) is 48.0 cm³/mol. The van der Waals surface area contributed by atoms with Crippen molar-refractivity contribution in [1.29, 1.82) is 5.26 Å². The molecule has 0 unspecified atom stereocenters. The summed E-state index contributed by atoms with van der Waals surface area (Å²) in [5, 5.41) is 8.31. The lowest BCUT2D eigenvalue weighted by Gasteiger charge is -1.94. The number of nitrogens with zero attached hydrogens (tertiary/aromatic N) is 1. The van der Waals surface area contributed by atoms with Gasteiger partial charge < -0.3 is 0 Å². The van der Waals surface area contributed by atoms with Gasteiger partial charge in [-0.05, 0) is 19.3 Å². The van der Waals surface area contributed by atoms with Crippen LogP contribution < -0.4 is 0 Å². The molecule has 0 radical (unpaired) electrons. The average Bonchev–Trinajstić information content (AvgIpc) is 1.99. The first-order valence-electron chi connectivity index (χ1n) is 3.99. The highest BCUT2D eigenvalue weighted by atomic mass is 14.2. The van der Waals surface area contributed by atoms with Crippen LogP contribution in [0.3, 0.4) is 0 Å². The number of rotatable bonds is 5. The Morgan fingerprint density at radius 3 is 2.82 bits per heavy atom. The summed E-state index contributed by atoms with van der Waals surface area (Å²) < 4.78 is 0. The Kier molecular flexibility index (Phi) is 6.42. The zero-order valence-corrected chi connectivity index (χ0v) is 7.14. The first kappa shape index (κ1) is 9.97. The highest BCUT2D eigenvalue weighted by Gasteiger charge is 1.89. The Morgan fingerprint density at radius 2 is 2.27 bits per heavy atom. The van der Waals surface area contributed by atoms with Crippen molar-refractivity contribution < 1.29 is 0 Å². The van der Waals surface area contributed by atoms with Crippen LogP contribution in [0.15, 0.2) is 24.3 Å². The van der Waals surface area contributed by atoms with E-state index < -0.39 is 0 Å². The molecule has 1 nitrogen and oxygen atoms in total. The molecule has 0 spiro atoms. The number of allylic oxidation sites excluding steroid dienone is 3. The number of nitriles is 1. The Hall–Kier alpha value is -1.03. The molecule has 0 saturated heterocycles. The molecule has 0 atom stereocenters. The van der Waals surface area contributed by atoms with Gasteiger partial charge >= 0.3 is 0 Å². The van der Waals surface area contributed by atoms with E-state index in [-0.39, 0.29) is 0 Å². The second kappa shape index (κ2) is 7.08. The molecule has 0 saturated carbocycles. The molecule has 0 amide bonds. The molecule has 1 heteroatoms. The lowest BCUT2D eigenvalue weighted by atomic mass is 10.1. The van der Waals surface area contributed by atoms with Crippen LogP contribution in [0.4, 0.5) is 0 Å². The van der Waals surface area contributed by atoms with Gasteiger partial charge in [-0.2, -0.15) is 5.26 Å². The smallest absolute Gasteiger partial charge is 0.0666 e. The van der Waals surface area contributed by atoms with Crippen molar-refractivity contribution in [2.75, 3.05) is 0 Å². The summed E-state index contributed by atoms with van der Waals surface area (Å²) in [4.78, 5) is 0. The third-order valence-electron chi connectivity index (χ3n) is 1.40. The van der Waals surface area contributed by atoms with E-state index in [1.807, 2.05) is 0 Å². The molecule has 60 valence electrons. The van der Waals surface area contributed by atoms with Crippen molar-refractivity contribution in [3.05, 3.63) is 24.3 Å². The average molecular weight is 149 g/mol. The number of hydrogen-bond donors (Lipinski definition) is 0. The Balaban J connectivity index is 3.33. The third-order valence-corrected chi connectivity index (χ3v) is 1.40. The molecular formula is C10H15N. The lowest BCUT2D eigenvalue weighted by Crippen LogP contribution is -1.77. The Bertz CT molecular complexity index is 172. The van der Waals surface area contributed by atoms with Crippen LogP contribution >= 0.6 is 0 Å². The van der Waals surface area contributed by atoms with Gasteiger partial charge in [0, 0.05) is 0 Å². The maximum atomic E-state index is 8.31. The van der Waals surface area contributed by atoms with Crippen LogP contribution in [0.1, 0.15) is 32.6 Å². The first-order valence-corrected chi connectivity index (χ1v) is 3.99. The van der Waals surface area contributed by atoms with E-state index >= 15 is 0 Å². The maximum Gasteiger partial charge on any atom is 0.0666 e. The molecule has 0 heterocycles. The lowest BCUT2D eigenvalue weighted by molar-refractivity contribution is 0.944. The molecule has 0 aromatic heterocycles. The fraction of sp³-hybridized carbons (Fsp3) is 0.500. The Labute approximate surface area is 69.0 Å². The van der Waals surface area contributed by atoms with Crippen molar-refractivity contribution in [3.8, 4) is 6.07 Å². The van der Waals surface area contributed by atoms with Gasteiger partial charge in [-0.1, -0.05) is 31.2 Å². The minimum Gasteiger partial charge on any atom is -0.198 e. The summed E-state index contributed by atoms with van der Waals surface area (Å²) in [6.45, 7) is 5.90. The van der Waals surface area contributed by atoms with Crippen molar-refractivity contribution in [2.45, 2.75) is 32.6 Å². The monoisotopic (exact) mass is 149 g/mol. The molecule has 0 aliphatic rings. The highest BCUT2D eigenvalue weighted by molar-refractivity contribution is 5.03. The van der Waals surface area contributed by atoms with Crippen LogP contribution in [0.5, 0.6) is 0 Å². The number of hydrogen-bond acceptors (Lipinski definition) is 1. The van der Waals surface area contributed by atoms with Gasteiger partial charge in [-0.15, -0.1) is 0 Å². The van der Waals surface area contributed by atoms with E-state index in [0.29, 0.717) is 6.42 Å². The van der Waals surface area contributed by atoms with Gasteiger partial charge in [0.25, 0.3) is 0 Å². The zero-order valence-electron chi connectivity index (χ0n) is 7.14. The van der Waals surface area contributed by atoms with Gasteiger partial charge in [0.1, 0.15) is 0 Å². The molecule has 0 aromatic rings. The topological polar surface area (TPSA) is 23.8 Å². The van der Waals surface area contributed by atoms with E-state index in [4.69, 9.17) is 5.26 Å². The van der Waals surface area contributed by atoms with Crippen molar-refractivity contribution in [3.63, 3.8) is 0 Å². The summed E-state index contributed by atoms with van der Waals surface area (Å²) >= 11 is 0. The predicted octanol–water partition coefficient (Wildman–Crippen LogP) is 3.20. The molecule has 0 fully saturated rings. The van der Waals surface area contributed by atoms with Crippen molar-refractivity contribution in [2.24, 2.45) is 0 Å². The quantitative estimate of drug-likeness (QED) is 0.551. The third kappa shape index (κ3) is 6.86. The van der Waals surface area contributed by atoms with Gasteiger partial charge in [-0.3, -0.25) is 0 Å². The highest BCUT2D eigenvalue weighted by Crippen LogP contribution is 2.06. The van der Waals surface area contributed by atoms with E-state index in [9.17, 15) is 0 Å². The van der Waals surface area contributed by atoms with Gasteiger partial charge in [0.05, 0.1) is 12.5 Å². The molecule has 0 N–H and O–H groups in total. The fourth-order valence-corrected chi connectivity index (χ4v) is 0.772. The molecule has 0 aromatic carbocycles. The molecule has 11 heavy (non-hydrogen) atoms. The SMILES string of the molecule is C=C(CC#N)CCC=CCC. The molecule has 0 bridgehead atoms. The summed E-state index contributed by atoms with van der Waals surface area (Å²) in [6, 6.07) is 2.08. The maximum absolute atomic E-state index is 8.31. The Morgan fingerprint density at radius 1 is 1.55 bits per heavy atom. The largest absolute Gasteiger partial charge is 0.198 e. The zero-order chi connectivity index (χ0) is 8.53. The van der Waals surface area contributed by atoms with E-state index in [1.54, 1.807) is 0 Å². The van der Waals surface area contributed by atoms with Crippen molar-refractivity contribution in [1.82, 2.24) is 0 Å². The van der Waals surface area contributed by atoms with Crippen LogP contribution in [-0.4, -0.2) is 0 Å². The van der Waals surface area contributed by atoms with Crippen LogP contribution in [0.2, 0.25) is 0 Å². The van der Waals surface area contributed by atoms with E-state index in [1.165, 1.54) is 0 Å². The van der Waals surface area contributed by atoms with Gasteiger partial charge in [0.2, 0.25) is 0 Å². The minimum absolute atomic E-state index is 0.500. The van der Waals surface area contributed by atoms with Crippen LogP contribution in [0, 0.1) is 11.3 Å². The normalized spacial score (nSPS) is 9.82.